The predicted molar refractivity (Wildman–Crippen MR) is 154 cm³/mol. The summed E-state index contributed by atoms with van der Waals surface area (Å²) in [4.78, 5) is 0. The third-order valence-electron chi connectivity index (χ3n) is 8.75. The first kappa shape index (κ1) is 28.8. The van der Waals surface area contributed by atoms with Gasteiger partial charge in [0, 0.05) is 18.7 Å². The third-order valence-corrected chi connectivity index (χ3v) is 8.75. The molecule has 202 valence electrons. The maximum atomic E-state index is 6.24. The zero-order chi connectivity index (χ0) is 25.9. The van der Waals surface area contributed by atoms with Crippen molar-refractivity contribution < 1.29 is 4.74 Å². The molecule has 1 aromatic carbocycles. The molecule has 3 rings (SSSR count). The van der Waals surface area contributed by atoms with Crippen LogP contribution in [0.1, 0.15) is 117 Å². The van der Waals surface area contributed by atoms with Crippen LogP contribution in [0.2, 0.25) is 0 Å². The molecule has 0 aliphatic heterocycles. The fourth-order valence-corrected chi connectivity index (χ4v) is 5.10. The number of hydrogen-bond acceptors (Lipinski definition) is 3. The molecule has 0 bridgehead atoms. The average Bonchev–Trinajstić information content (AvgIpc) is 3.27. The molecule has 2 aromatic rings. The monoisotopic (exact) mass is 495 g/mol. The summed E-state index contributed by atoms with van der Waals surface area (Å²) >= 11 is 0. The molecular weight excluding hydrogens is 442 g/mol. The quantitative estimate of drug-likeness (QED) is 0.251. The van der Waals surface area contributed by atoms with E-state index in [-0.39, 0.29) is 0 Å². The van der Waals surface area contributed by atoms with E-state index in [0.29, 0.717) is 23.0 Å². The maximum absolute atomic E-state index is 6.24. The number of nitrogens with zero attached hydrogens (tertiary/aromatic N) is 2. The molecule has 1 heterocycles. The Morgan fingerprint density at radius 1 is 0.833 bits per heavy atom. The predicted octanol–water partition coefficient (Wildman–Crippen LogP) is 8.86. The second kappa shape index (κ2) is 14.2. The van der Waals surface area contributed by atoms with Gasteiger partial charge in [-0.3, -0.25) is 0 Å². The van der Waals surface area contributed by atoms with Crippen molar-refractivity contribution in [1.29, 1.82) is 0 Å². The highest BCUT2D eigenvalue weighted by molar-refractivity contribution is 5.36. The Morgan fingerprint density at radius 2 is 1.47 bits per heavy atom. The molecule has 1 fully saturated rings. The summed E-state index contributed by atoms with van der Waals surface area (Å²) < 4.78 is 8.31. The summed E-state index contributed by atoms with van der Waals surface area (Å²) in [6.07, 6.45) is 17.8. The fourth-order valence-electron chi connectivity index (χ4n) is 5.10. The van der Waals surface area contributed by atoms with Crippen molar-refractivity contribution in [2.45, 2.75) is 130 Å². The smallest absolute Gasteiger partial charge is 0.124 e. The van der Waals surface area contributed by atoms with Gasteiger partial charge in [0.25, 0.3) is 0 Å². The summed E-state index contributed by atoms with van der Waals surface area (Å²) in [5, 5.41) is 8.26. The van der Waals surface area contributed by atoms with Crippen LogP contribution in [0.3, 0.4) is 0 Å². The molecule has 36 heavy (non-hydrogen) atoms. The van der Waals surface area contributed by atoms with Crippen LogP contribution in [0.4, 0.5) is 5.82 Å². The Morgan fingerprint density at radius 3 is 2.14 bits per heavy atom. The van der Waals surface area contributed by atoms with Gasteiger partial charge in [0.2, 0.25) is 0 Å². The van der Waals surface area contributed by atoms with Gasteiger partial charge in [-0.1, -0.05) is 103 Å². The maximum Gasteiger partial charge on any atom is 0.124 e. The molecule has 0 radical (unpaired) electrons. The standard InChI is InChI=1S/C32H53N3O/c1-31(2,3)32(4,5)23-14-9-7-6-8-10-15-25-36-29-20-18-28(19-21-29)34-30-22-24-33-35(30)26-27-16-12-11-13-17-27/h11-13,16-17,22,24,28-29,34H,6-10,14-15,18-21,23,25-26H2,1-5H3. The van der Waals surface area contributed by atoms with E-state index in [9.17, 15) is 0 Å². The molecule has 4 nitrogen and oxygen atoms in total. The van der Waals surface area contributed by atoms with E-state index in [2.05, 4.69) is 86.1 Å². The second-order valence-electron chi connectivity index (χ2n) is 12.7. The molecule has 4 heteroatoms. The van der Waals surface area contributed by atoms with Crippen molar-refractivity contribution in [2.24, 2.45) is 10.8 Å². The number of benzene rings is 1. The van der Waals surface area contributed by atoms with Crippen LogP contribution in [-0.4, -0.2) is 28.5 Å². The highest BCUT2D eigenvalue weighted by atomic mass is 16.5. The van der Waals surface area contributed by atoms with Crippen molar-refractivity contribution in [1.82, 2.24) is 9.78 Å². The summed E-state index contributed by atoms with van der Waals surface area (Å²) in [6, 6.07) is 13.2. The minimum Gasteiger partial charge on any atom is -0.378 e. The number of unbranched alkanes of at least 4 members (excludes halogenated alkanes) is 6. The lowest BCUT2D eigenvalue weighted by Crippen LogP contribution is -2.30. The minimum absolute atomic E-state index is 0.398. The molecule has 1 aliphatic rings. The van der Waals surface area contributed by atoms with E-state index >= 15 is 0 Å². The van der Waals surface area contributed by atoms with Gasteiger partial charge in [-0.15, -0.1) is 0 Å². The van der Waals surface area contributed by atoms with Crippen molar-refractivity contribution in [3.63, 3.8) is 0 Å². The van der Waals surface area contributed by atoms with Gasteiger partial charge in [-0.05, 0) is 54.9 Å². The normalized spacial score (nSPS) is 18.9. The molecule has 1 aliphatic carbocycles. The molecule has 1 aromatic heterocycles. The van der Waals surface area contributed by atoms with Crippen LogP contribution in [0.25, 0.3) is 0 Å². The zero-order valence-corrected chi connectivity index (χ0v) is 23.9. The molecule has 0 atom stereocenters. The van der Waals surface area contributed by atoms with Crippen molar-refractivity contribution >= 4 is 5.82 Å². The van der Waals surface area contributed by atoms with E-state index < -0.39 is 0 Å². The van der Waals surface area contributed by atoms with Crippen LogP contribution >= 0.6 is 0 Å². The van der Waals surface area contributed by atoms with Crippen molar-refractivity contribution in [3.05, 3.63) is 48.2 Å². The lowest BCUT2D eigenvalue weighted by Gasteiger charge is -2.39. The summed E-state index contributed by atoms with van der Waals surface area (Å²) in [7, 11) is 0. The largest absolute Gasteiger partial charge is 0.378 e. The zero-order valence-electron chi connectivity index (χ0n) is 23.9. The molecule has 0 saturated heterocycles. The van der Waals surface area contributed by atoms with Crippen molar-refractivity contribution in [3.8, 4) is 0 Å². The Balaban J connectivity index is 1.19. The summed E-state index contributed by atoms with van der Waals surface area (Å²) in [5.74, 6) is 1.13. The highest BCUT2D eigenvalue weighted by Gasteiger charge is 2.31. The number of rotatable bonds is 15. The van der Waals surface area contributed by atoms with E-state index in [1.54, 1.807) is 0 Å². The molecule has 1 N–H and O–H groups in total. The van der Waals surface area contributed by atoms with Gasteiger partial charge in [-0.2, -0.15) is 5.10 Å². The van der Waals surface area contributed by atoms with Gasteiger partial charge in [-0.25, -0.2) is 4.68 Å². The molecule has 0 unspecified atom stereocenters. The number of ether oxygens (including phenoxy) is 1. The molecule has 0 spiro atoms. The number of nitrogens with one attached hydrogen (secondary N) is 1. The van der Waals surface area contributed by atoms with Gasteiger partial charge in [0.1, 0.15) is 5.82 Å². The first-order valence-electron chi connectivity index (χ1n) is 14.7. The summed E-state index contributed by atoms with van der Waals surface area (Å²) in [6.45, 7) is 13.7. The van der Waals surface area contributed by atoms with Gasteiger partial charge >= 0.3 is 0 Å². The number of anilines is 1. The van der Waals surface area contributed by atoms with E-state index in [1.807, 2.05) is 6.20 Å². The number of hydrogen-bond donors (Lipinski definition) is 1. The Bertz CT molecular complexity index is 844. The molecule has 0 amide bonds. The Hall–Kier alpha value is -1.81. The van der Waals surface area contributed by atoms with E-state index in [4.69, 9.17) is 4.74 Å². The summed E-state index contributed by atoms with van der Waals surface area (Å²) in [5.41, 5.74) is 2.11. The van der Waals surface area contributed by atoms with Crippen molar-refractivity contribution in [2.75, 3.05) is 11.9 Å². The van der Waals surface area contributed by atoms with E-state index in [0.717, 1.165) is 31.8 Å². The average molecular weight is 496 g/mol. The van der Waals surface area contributed by atoms with Crippen LogP contribution in [-0.2, 0) is 11.3 Å². The third kappa shape index (κ3) is 9.57. The van der Waals surface area contributed by atoms with Gasteiger partial charge in [0.05, 0.1) is 18.8 Å². The first-order valence-corrected chi connectivity index (χ1v) is 14.7. The second-order valence-corrected chi connectivity index (χ2v) is 12.7. The van der Waals surface area contributed by atoms with Crippen LogP contribution in [0, 0.1) is 10.8 Å². The van der Waals surface area contributed by atoms with E-state index in [1.165, 1.54) is 69.8 Å². The van der Waals surface area contributed by atoms with Gasteiger partial charge < -0.3 is 10.1 Å². The lowest BCUT2D eigenvalue weighted by atomic mass is 9.67. The lowest BCUT2D eigenvalue weighted by molar-refractivity contribution is 0.0242. The topological polar surface area (TPSA) is 39.1 Å². The fraction of sp³-hybridized carbons (Fsp3) is 0.719. The minimum atomic E-state index is 0.398. The van der Waals surface area contributed by atoms with Crippen LogP contribution in [0.15, 0.2) is 42.6 Å². The highest BCUT2D eigenvalue weighted by Crippen LogP contribution is 2.42. The Labute approximate surface area is 221 Å². The SMILES string of the molecule is CC(C)(C)C(C)(C)CCCCCCCCCOC1CCC(Nc2ccnn2Cc2ccccc2)CC1. The number of aromatic nitrogens is 2. The molecule has 1 saturated carbocycles. The van der Waals surface area contributed by atoms with Crippen LogP contribution < -0.4 is 5.32 Å². The Kier molecular flexibility index (Phi) is 11.4. The first-order chi connectivity index (χ1) is 17.2. The van der Waals surface area contributed by atoms with Gasteiger partial charge in [0.15, 0.2) is 0 Å². The molecular formula is C32H53N3O. The van der Waals surface area contributed by atoms with Crippen LogP contribution in [0.5, 0.6) is 0 Å².